The summed E-state index contributed by atoms with van der Waals surface area (Å²) in [6.45, 7) is 5.21. The molecule has 148 valence electrons. The number of halogens is 1. The largest absolute Gasteiger partial charge is 0.508 e. The van der Waals surface area contributed by atoms with Gasteiger partial charge in [0.1, 0.15) is 5.75 Å². The maximum absolute atomic E-state index is 11.9. The number of likely N-dealkylation sites (tertiary alicyclic amines) is 1. The average molecular weight is 390 g/mol. The molecule has 0 aliphatic carbocycles. The fraction of sp³-hybridized carbons (Fsp3) is 0.478. The summed E-state index contributed by atoms with van der Waals surface area (Å²) < 4.78 is 0. The minimum Gasteiger partial charge on any atom is -0.508 e. The minimum atomic E-state index is -0.943. The van der Waals surface area contributed by atoms with E-state index >= 15 is 0 Å². The van der Waals surface area contributed by atoms with Crippen molar-refractivity contribution >= 4 is 12.4 Å². The first-order chi connectivity index (χ1) is 12.6. The molecule has 2 aromatic rings. The number of hydrogen-bond acceptors (Lipinski definition) is 3. The summed E-state index contributed by atoms with van der Waals surface area (Å²) in [5.41, 5.74) is 1.13. The van der Waals surface area contributed by atoms with Crippen LogP contribution in [0.4, 0.5) is 0 Å². The summed E-state index contributed by atoms with van der Waals surface area (Å²) in [5, 5.41) is 21.6. The molecule has 1 aliphatic rings. The first kappa shape index (κ1) is 21.7. The number of phenols is 1. The lowest BCUT2D eigenvalue weighted by Crippen LogP contribution is -2.42. The van der Waals surface area contributed by atoms with Gasteiger partial charge < -0.3 is 15.1 Å². The van der Waals surface area contributed by atoms with E-state index in [4.69, 9.17) is 0 Å². The molecule has 1 heterocycles. The van der Waals surface area contributed by atoms with E-state index in [1.54, 1.807) is 12.1 Å². The number of rotatable bonds is 7. The predicted octanol–water partition coefficient (Wildman–Crippen LogP) is 5.07. The van der Waals surface area contributed by atoms with Crippen molar-refractivity contribution in [2.45, 2.75) is 50.5 Å². The molecule has 2 N–H and O–H groups in total. The minimum absolute atomic E-state index is 0. The zero-order valence-corrected chi connectivity index (χ0v) is 17.0. The molecule has 0 spiro atoms. The SMILES string of the molecule is CCCC(O)(c1ccc(O)cc1)C(CN1CCCCC1)c1ccccc1.Cl. The van der Waals surface area contributed by atoms with E-state index in [9.17, 15) is 10.2 Å². The van der Waals surface area contributed by atoms with Gasteiger partial charge in [0, 0.05) is 12.5 Å². The smallest absolute Gasteiger partial charge is 0.115 e. The van der Waals surface area contributed by atoms with Crippen LogP contribution in [0.2, 0.25) is 0 Å². The van der Waals surface area contributed by atoms with Gasteiger partial charge in [-0.15, -0.1) is 12.4 Å². The molecule has 3 rings (SSSR count). The van der Waals surface area contributed by atoms with Gasteiger partial charge in [0.15, 0.2) is 0 Å². The van der Waals surface area contributed by atoms with Gasteiger partial charge in [-0.25, -0.2) is 0 Å². The number of hydrogen-bond donors (Lipinski definition) is 2. The molecular formula is C23H32ClNO2. The Morgan fingerprint density at radius 1 is 0.963 bits per heavy atom. The van der Waals surface area contributed by atoms with E-state index in [0.29, 0.717) is 6.42 Å². The Balaban J connectivity index is 0.00000261. The van der Waals surface area contributed by atoms with Crippen LogP contribution in [0.25, 0.3) is 0 Å². The summed E-state index contributed by atoms with van der Waals surface area (Å²) in [6, 6.07) is 17.5. The van der Waals surface area contributed by atoms with Gasteiger partial charge in [-0.2, -0.15) is 0 Å². The second kappa shape index (κ2) is 10.1. The molecule has 1 fully saturated rings. The van der Waals surface area contributed by atoms with Crippen LogP contribution in [0, 0.1) is 0 Å². The quantitative estimate of drug-likeness (QED) is 0.694. The zero-order valence-electron chi connectivity index (χ0n) is 16.2. The second-order valence-electron chi connectivity index (χ2n) is 7.55. The number of aliphatic hydroxyl groups is 1. The summed E-state index contributed by atoms with van der Waals surface area (Å²) in [4.78, 5) is 2.50. The van der Waals surface area contributed by atoms with Gasteiger partial charge in [-0.3, -0.25) is 0 Å². The van der Waals surface area contributed by atoms with Crippen LogP contribution in [0.15, 0.2) is 54.6 Å². The molecule has 4 heteroatoms. The zero-order chi connectivity index (χ0) is 18.4. The first-order valence-electron chi connectivity index (χ1n) is 9.92. The maximum Gasteiger partial charge on any atom is 0.115 e. The Hall–Kier alpha value is -1.55. The molecule has 0 saturated carbocycles. The third-order valence-corrected chi connectivity index (χ3v) is 5.67. The van der Waals surface area contributed by atoms with Crippen LogP contribution in [0.3, 0.4) is 0 Å². The topological polar surface area (TPSA) is 43.7 Å². The second-order valence-corrected chi connectivity index (χ2v) is 7.55. The highest BCUT2D eigenvalue weighted by atomic mass is 35.5. The Morgan fingerprint density at radius 2 is 1.59 bits per heavy atom. The van der Waals surface area contributed by atoms with Crippen LogP contribution >= 0.6 is 12.4 Å². The van der Waals surface area contributed by atoms with E-state index < -0.39 is 5.60 Å². The number of aromatic hydroxyl groups is 1. The van der Waals surface area contributed by atoms with Gasteiger partial charge in [-0.1, -0.05) is 62.2 Å². The molecule has 0 radical (unpaired) electrons. The Kier molecular flexibility index (Phi) is 8.15. The van der Waals surface area contributed by atoms with E-state index in [2.05, 4.69) is 36.1 Å². The van der Waals surface area contributed by atoms with E-state index in [0.717, 1.165) is 31.6 Å². The highest BCUT2D eigenvalue weighted by Gasteiger charge is 2.39. The lowest BCUT2D eigenvalue weighted by Gasteiger charge is -2.41. The highest BCUT2D eigenvalue weighted by Crippen LogP contribution is 2.42. The Morgan fingerprint density at radius 3 is 2.19 bits per heavy atom. The van der Waals surface area contributed by atoms with Gasteiger partial charge in [0.25, 0.3) is 0 Å². The van der Waals surface area contributed by atoms with Gasteiger partial charge in [-0.05, 0) is 55.6 Å². The summed E-state index contributed by atoms with van der Waals surface area (Å²) in [5.74, 6) is 0.242. The van der Waals surface area contributed by atoms with Gasteiger partial charge in [0.2, 0.25) is 0 Å². The molecule has 1 aliphatic heterocycles. The standard InChI is InChI=1S/C23H31NO2.ClH/c1-2-15-23(26,20-11-13-21(25)14-12-20)22(19-9-5-3-6-10-19)18-24-16-7-4-8-17-24;/h3,5-6,9-14,22,25-26H,2,4,7-8,15-18H2,1H3;1H. The number of nitrogens with zero attached hydrogens (tertiary/aromatic N) is 1. The van der Waals surface area contributed by atoms with Crippen LogP contribution in [-0.4, -0.2) is 34.7 Å². The monoisotopic (exact) mass is 389 g/mol. The van der Waals surface area contributed by atoms with Crippen LogP contribution in [0.1, 0.15) is 56.1 Å². The lowest BCUT2D eigenvalue weighted by atomic mass is 9.74. The molecule has 0 amide bonds. The predicted molar refractivity (Wildman–Crippen MR) is 114 cm³/mol. The molecule has 2 atom stereocenters. The Bertz CT molecular complexity index is 671. The van der Waals surface area contributed by atoms with Gasteiger partial charge in [0.05, 0.1) is 5.60 Å². The molecule has 0 aromatic heterocycles. The molecule has 3 nitrogen and oxygen atoms in total. The fourth-order valence-corrected chi connectivity index (χ4v) is 4.27. The van der Waals surface area contributed by atoms with Crippen LogP contribution in [0.5, 0.6) is 5.75 Å². The lowest BCUT2D eigenvalue weighted by molar-refractivity contribution is -0.0152. The molecular weight excluding hydrogens is 358 g/mol. The average Bonchev–Trinajstić information content (AvgIpc) is 2.68. The van der Waals surface area contributed by atoms with Crippen LogP contribution in [-0.2, 0) is 5.60 Å². The number of benzene rings is 2. The highest BCUT2D eigenvalue weighted by molar-refractivity contribution is 5.85. The maximum atomic E-state index is 11.9. The van der Waals surface area contributed by atoms with E-state index in [-0.39, 0.29) is 24.1 Å². The molecule has 27 heavy (non-hydrogen) atoms. The van der Waals surface area contributed by atoms with Crippen molar-refractivity contribution in [1.29, 1.82) is 0 Å². The summed E-state index contributed by atoms with van der Waals surface area (Å²) >= 11 is 0. The van der Waals surface area contributed by atoms with Crippen molar-refractivity contribution in [3.63, 3.8) is 0 Å². The normalized spacial score (nSPS) is 18.3. The van der Waals surface area contributed by atoms with Crippen molar-refractivity contribution in [1.82, 2.24) is 4.90 Å². The summed E-state index contributed by atoms with van der Waals surface area (Å²) in [6.07, 6.45) is 5.40. The molecule has 2 unspecified atom stereocenters. The van der Waals surface area contributed by atoms with Gasteiger partial charge >= 0.3 is 0 Å². The van der Waals surface area contributed by atoms with E-state index in [1.807, 2.05) is 18.2 Å². The molecule has 1 saturated heterocycles. The van der Waals surface area contributed by atoms with Crippen molar-refractivity contribution < 1.29 is 10.2 Å². The van der Waals surface area contributed by atoms with Crippen molar-refractivity contribution in [3.8, 4) is 5.75 Å². The molecule has 2 aromatic carbocycles. The van der Waals surface area contributed by atoms with Crippen molar-refractivity contribution in [2.24, 2.45) is 0 Å². The third kappa shape index (κ3) is 5.25. The third-order valence-electron chi connectivity index (χ3n) is 5.67. The fourth-order valence-electron chi connectivity index (χ4n) is 4.27. The van der Waals surface area contributed by atoms with Crippen molar-refractivity contribution in [2.75, 3.05) is 19.6 Å². The first-order valence-corrected chi connectivity index (χ1v) is 9.92. The number of phenolic OH excluding ortho intramolecular Hbond substituents is 1. The van der Waals surface area contributed by atoms with Crippen LogP contribution < -0.4 is 0 Å². The van der Waals surface area contributed by atoms with Crippen molar-refractivity contribution in [3.05, 3.63) is 65.7 Å². The van der Waals surface area contributed by atoms with E-state index in [1.165, 1.54) is 24.8 Å². The Labute approximate surface area is 169 Å². The molecule has 0 bridgehead atoms. The summed E-state index contributed by atoms with van der Waals surface area (Å²) in [7, 11) is 0. The number of piperidine rings is 1.